The quantitative estimate of drug-likeness (QED) is 0.521. The van der Waals surface area contributed by atoms with Gasteiger partial charge in [-0.05, 0) is 6.92 Å². The van der Waals surface area contributed by atoms with Crippen LogP contribution in [0.2, 0.25) is 0 Å². The van der Waals surface area contributed by atoms with Crippen LogP contribution < -0.4 is 0 Å². The maximum Gasteiger partial charge on any atom is 0.106 e. The van der Waals surface area contributed by atoms with Crippen molar-refractivity contribution in [3.63, 3.8) is 0 Å². The highest BCUT2D eigenvalue weighted by atomic mass is 16.5. The summed E-state index contributed by atoms with van der Waals surface area (Å²) in [5.74, 6) is 0. The Morgan fingerprint density at radius 2 is 2.12 bits per heavy atom. The SMILES string of the molecule is COC(CO)[C@@H](C)O. The second kappa shape index (κ2) is 3.83. The molecule has 1 unspecified atom stereocenters. The van der Waals surface area contributed by atoms with Crippen LogP contribution in [0.4, 0.5) is 0 Å². The van der Waals surface area contributed by atoms with Crippen LogP contribution in [-0.4, -0.2) is 36.1 Å². The average Bonchev–Trinajstić information content (AvgIpc) is 1.69. The summed E-state index contributed by atoms with van der Waals surface area (Å²) < 4.78 is 4.66. The standard InChI is InChI=1S/C5H12O3/c1-4(7)5(3-6)8-2/h4-7H,3H2,1-2H3/t4-,5?/m1/s1. The lowest BCUT2D eigenvalue weighted by Gasteiger charge is -2.13. The Morgan fingerprint density at radius 1 is 1.62 bits per heavy atom. The minimum absolute atomic E-state index is 0.131. The lowest BCUT2D eigenvalue weighted by Crippen LogP contribution is -2.28. The normalized spacial score (nSPS) is 18.0. The highest BCUT2D eigenvalue weighted by Crippen LogP contribution is 1.93. The molecule has 0 saturated heterocycles. The Labute approximate surface area is 48.9 Å². The van der Waals surface area contributed by atoms with Crippen molar-refractivity contribution in [1.82, 2.24) is 0 Å². The van der Waals surface area contributed by atoms with Gasteiger partial charge in [0.05, 0.1) is 12.7 Å². The Morgan fingerprint density at radius 3 is 2.12 bits per heavy atom. The van der Waals surface area contributed by atoms with Crippen LogP contribution in [0.5, 0.6) is 0 Å². The smallest absolute Gasteiger partial charge is 0.106 e. The number of methoxy groups -OCH3 is 1. The fourth-order valence-corrected chi connectivity index (χ4v) is 0.424. The van der Waals surface area contributed by atoms with Gasteiger partial charge in [-0.1, -0.05) is 0 Å². The third-order valence-electron chi connectivity index (χ3n) is 1.02. The van der Waals surface area contributed by atoms with Crippen molar-refractivity contribution >= 4 is 0 Å². The molecule has 0 aliphatic heterocycles. The van der Waals surface area contributed by atoms with Crippen LogP contribution in [0.25, 0.3) is 0 Å². The zero-order valence-corrected chi connectivity index (χ0v) is 5.16. The van der Waals surface area contributed by atoms with Crippen LogP contribution >= 0.6 is 0 Å². The molecule has 0 heterocycles. The molecule has 8 heavy (non-hydrogen) atoms. The minimum atomic E-state index is -0.593. The molecule has 0 saturated carbocycles. The topological polar surface area (TPSA) is 49.7 Å². The maximum absolute atomic E-state index is 8.73. The molecule has 0 fully saturated rings. The first-order valence-corrected chi connectivity index (χ1v) is 2.54. The van der Waals surface area contributed by atoms with Crippen molar-refractivity contribution in [2.75, 3.05) is 13.7 Å². The second-order valence-corrected chi connectivity index (χ2v) is 1.70. The Hall–Kier alpha value is -0.120. The zero-order valence-electron chi connectivity index (χ0n) is 5.16. The van der Waals surface area contributed by atoms with E-state index in [2.05, 4.69) is 4.74 Å². The highest BCUT2D eigenvalue weighted by Gasteiger charge is 2.10. The van der Waals surface area contributed by atoms with Crippen molar-refractivity contribution in [1.29, 1.82) is 0 Å². The predicted octanol–water partition coefficient (Wildman–Crippen LogP) is -0.626. The van der Waals surface area contributed by atoms with Crippen LogP contribution in [-0.2, 0) is 4.74 Å². The number of hydrogen-bond donors (Lipinski definition) is 2. The molecule has 0 aromatic rings. The highest BCUT2D eigenvalue weighted by molar-refractivity contribution is 4.60. The summed E-state index contributed by atoms with van der Waals surface area (Å²) in [5, 5.41) is 17.1. The van der Waals surface area contributed by atoms with Crippen LogP contribution in [0.1, 0.15) is 6.92 Å². The van der Waals surface area contributed by atoms with E-state index < -0.39 is 12.2 Å². The molecule has 0 bridgehead atoms. The molecule has 0 aliphatic carbocycles. The molecule has 3 heteroatoms. The molecule has 3 nitrogen and oxygen atoms in total. The van der Waals surface area contributed by atoms with Crippen LogP contribution in [0.15, 0.2) is 0 Å². The van der Waals surface area contributed by atoms with Crippen molar-refractivity contribution in [2.24, 2.45) is 0 Å². The molecule has 2 atom stereocenters. The number of aliphatic hydroxyl groups is 2. The fraction of sp³-hybridized carbons (Fsp3) is 1.00. The molecule has 2 N–H and O–H groups in total. The molecule has 0 aliphatic rings. The fourth-order valence-electron chi connectivity index (χ4n) is 0.424. The van der Waals surface area contributed by atoms with Crippen molar-refractivity contribution < 1.29 is 14.9 Å². The summed E-state index contributed by atoms with van der Waals surface area (Å²) in [6, 6.07) is 0. The van der Waals surface area contributed by atoms with E-state index in [9.17, 15) is 0 Å². The maximum atomic E-state index is 8.73. The van der Waals surface area contributed by atoms with Gasteiger partial charge in [-0.3, -0.25) is 0 Å². The summed E-state index contributed by atoms with van der Waals surface area (Å²) in [5.41, 5.74) is 0. The van der Waals surface area contributed by atoms with Gasteiger partial charge in [-0.2, -0.15) is 0 Å². The van der Waals surface area contributed by atoms with Gasteiger partial charge < -0.3 is 14.9 Å². The number of hydrogen-bond acceptors (Lipinski definition) is 3. The van der Waals surface area contributed by atoms with E-state index in [4.69, 9.17) is 10.2 Å². The van der Waals surface area contributed by atoms with Gasteiger partial charge in [0, 0.05) is 7.11 Å². The van der Waals surface area contributed by atoms with Crippen LogP contribution in [0, 0.1) is 0 Å². The third-order valence-corrected chi connectivity index (χ3v) is 1.02. The van der Waals surface area contributed by atoms with E-state index >= 15 is 0 Å². The number of aliphatic hydroxyl groups excluding tert-OH is 2. The number of rotatable bonds is 3. The average molecular weight is 120 g/mol. The lowest BCUT2D eigenvalue weighted by molar-refractivity contribution is -0.0326. The monoisotopic (exact) mass is 120 g/mol. The van der Waals surface area contributed by atoms with Gasteiger partial charge in [-0.15, -0.1) is 0 Å². The van der Waals surface area contributed by atoms with E-state index in [-0.39, 0.29) is 6.61 Å². The van der Waals surface area contributed by atoms with E-state index in [1.165, 1.54) is 7.11 Å². The Balaban J connectivity index is 3.35. The third kappa shape index (κ3) is 2.26. The molecule has 0 rings (SSSR count). The molecule has 0 radical (unpaired) electrons. The summed E-state index contributed by atoms with van der Waals surface area (Å²) in [6.45, 7) is 1.44. The Bertz CT molecular complexity index is 49.6. The van der Waals surface area contributed by atoms with Crippen molar-refractivity contribution in [2.45, 2.75) is 19.1 Å². The van der Waals surface area contributed by atoms with Crippen molar-refractivity contribution in [3.05, 3.63) is 0 Å². The largest absolute Gasteiger partial charge is 0.394 e. The van der Waals surface area contributed by atoms with E-state index in [0.29, 0.717) is 0 Å². The Kier molecular flexibility index (Phi) is 3.77. The van der Waals surface area contributed by atoms with Gasteiger partial charge in [0.15, 0.2) is 0 Å². The number of ether oxygens (including phenoxy) is 1. The molecular formula is C5H12O3. The molecule has 0 spiro atoms. The molecule has 0 aromatic heterocycles. The van der Waals surface area contributed by atoms with Gasteiger partial charge in [0.1, 0.15) is 6.10 Å². The predicted molar refractivity (Wildman–Crippen MR) is 29.6 cm³/mol. The van der Waals surface area contributed by atoms with E-state index in [1.54, 1.807) is 6.92 Å². The minimum Gasteiger partial charge on any atom is -0.394 e. The summed E-state index contributed by atoms with van der Waals surface area (Å²) in [6.07, 6.45) is -1.03. The van der Waals surface area contributed by atoms with Crippen molar-refractivity contribution in [3.8, 4) is 0 Å². The summed E-state index contributed by atoms with van der Waals surface area (Å²) in [4.78, 5) is 0. The van der Waals surface area contributed by atoms with Gasteiger partial charge in [0.25, 0.3) is 0 Å². The zero-order chi connectivity index (χ0) is 6.57. The first kappa shape index (κ1) is 7.88. The van der Waals surface area contributed by atoms with Gasteiger partial charge in [-0.25, -0.2) is 0 Å². The van der Waals surface area contributed by atoms with Crippen LogP contribution in [0.3, 0.4) is 0 Å². The summed E-state index contributed by atoms with van der Waals surface area (Å²) >= 11 is 0. The molecule has 0 aromatic carbocycles. The molecule has 50 valence electrons. The van der Waals surface area contributed by atoms with E-state index in [0.717, 1.165) is 0 Å². The first-order chi connectivity index (χ1) is 3.72. The van der Waals surface area contributed by atoms with Gasteiger partial charge in [0.2, 0.25) is 0 Å². The summed E-state index contributed by atoms with van der Waals surface area (Å²) in [7, 11) is 1.45. The lowest BCUT2D eigenvalue weighted by atomic mass is 10.2. The molecular weight excluding hydrogens is 108 g/mol. The van der Waals surface area contributed by atoms with Gasteiger partial charge >= 0.3 is 0 Å². The first-order valence-electron chi connectivity index (χ1n) is 2.54. The second-order valence-electron chi connectivity index (χ2n) is 1.70. The van der Waals surface area contributed by atoms with E-state index in [1.807, 2.05) is 0 Å². The molecule has 0 amide bonds.